The van der Waals surface area contributed by atoms with E-state index in [1.807, 2.05) is 35.2 Å². The maximum Gasteiger partial charge on any atom is 0.211 e. The number of para-hydroxylation sites is 1. The number of aryl methyl sites for hydroxylation is 3. The molecule has 0 amide bonds. The van der Waals surface area contributed by atoms with Crippen molar-refractivity contribution in [2.45, 2.75) is 20.8 Å². The molecule has 0 aliphatic heterocycles. The molecule has 0 radical (unpaired) electrons. The van der Waals surface area contributed by atoms with Crippen LogP contribution in [0.2, 0.25) is 0 Å². The molecule has 0 fully saturated rings. The second kappa shape index (κ2) is 7.06. The number of thiophene rings is 1. The molecular formula is C21H18N6S2. The first kappa shape index (κ1) is 18.0. The van der Waals surface area contributed by atoms with E-state index in [1.165, 1.54) is 16.9 Å². The summed E-state index contributed by atoms with van der Waals surface area (Å²) in [5.74, 6) is 1.60. The highest BCUT2D eigenvalue weighted by Gasteiger charge is 2.14. The van der Waals surface area contributed by atoms with Gasteiger partial charge in [0.1, 0.15) is 5.82 Å². The molecule has 5 rings (SSSR count). The van der Waals surface area contributed by atoms with Crippen LogP contribution in [0.5, 0.6) is 0 Å². The summed E-state index contributed by atoms with van der Waals surface area (Å²) in [5.41, 5.74) is 4.22. The number of nitrogens with zero attached hydrogens (tertiary/aromatic N) is 5. The number of aromatic nitrogens is 5. The molecule has 0 spiro atoms. The second-order valence-electron chi connectivity index (χ2n) is 6.87. The fourth-order valence-corrected chi connectivity index (χ4v) is 4.84. The van der Waals surface area contributed by atoms with E-state index < -0.39 is 0 Å². The molecule has 0 unspecified atom stereocenters. The molecule has 0 saturated carbocycles. The quantitative estimate of drug-likeness (QED) is 0.407. The standard InChI is InChI=1S/C21H18N6S2/c1-12-6-4-7-15-13(2)10-17(22-19(12)15)27-18(11-14(3)26-27)23-21-25-24-20(29-21)16-8-5-9-28-16/h4-11H,1-3H3,(H,23,25). The van der Waals surface area contributed by atoms with Gasteiger partial charge in [-0.25, -0.2) is 4.98 Å². The van der Waals surface area contributed by atoms with Crippen LogP contribution >= 0.6 is 22.7 Å². The molecule has 0 aliphatic carbocycles. The number of nitrogens with one attached hydrogen (secondary N) is 1. The van der Waals surface area contributed by atoms with Crippen LogP contribution in [-0.4, -0.2) is 25.0 Å². The minimum atomic E-state index is 0.725. The summed E-state index contributed by atoms with van der Waals surface area (Å²) in [4.78, 5) is 6.01. The van der Waals surface area contributed by atoms with Gasteiger partial charge in [0.15, 0.2) is 10.8 Å². The minimum absolute atomic E-state index is 0.725. The average Bonchev–Trinajstić information content (AvgIpc) is 3.44. The van der Waals surface area contributed by atoms with Crippen LogP contribution in [0.4, 0.5) is 10.9 Å². The van der Waals surface area contributed by atoms with Crippen molar-refractivity contribution in [3.05, 3.63) is 64.7 Å². The van der Waals surface area contributed by atoms with Crippen LogP contribution in [0.25, 0.3) is 26.6 Å². The molecule has 0 saturated heterocycles. The summed E-state index contributed by atoms with van der Waals surface area (Å²) < 4.78 is 1.83. The largest absolute Gasteiger partial charge is 0.315 e. The van der Waals surface area contributed by atoms with Gasteiger partial charge in [0.05, 0.1) is 16.1 Å². The maximum absolute atomic E-state index is 4.90. The minimum Gasteiger partial charge on any atom is -0.315 e. The first-order chi connectivity index (χ1) is 14.1. The van der Waals surface area contributed by atoms with E-state index in [0.717, 1.165) is 48.8 Å². The summed E-state index contributed by atoms with van der Waals surface area (Å²) in [6.45, 7) is 6.16. The zero-order valence-corrected chi connectivity index (χ0v) is 17.8. The Labute approximate surface area is 175 Å². The average molecular weight is 419 g/mol. The number of hydrogen-bond donors (Lipinski definition) is 1. The fourth-order valence-electron chi connectivity index (χ4n) is 3.30. The Morgan fingerprint density at radius 1 is 0.966 bits per heavy atom. The molecule has 0 bridgehead atoms. The van der Waals surface area contributed by atoms with E-state index in [1.54, 1.807) is 11.3 Å². The molecule has 8 heteroatoms. The Balaban J connectivity index is 1.55. The number of benzene rings is 1. The molecule has 144 valence electrons. The zero-order chi connectivity index (χ0) is 20.0. The van der Waals surface area contributed by atoms with Crippen LogP contribution in [0, 0.1) is 20.8 Å². The summed E-state index contributed by atoms with van der Waals surface area (Å²) in [6.07, 6.45) is 0. The molecular weight excluding hydrogens is 400 g/mol. The van der Waals surface area contributed by atoms with E-state index in [4.69, 9.17) is 4.98 Å². The second-order valence-corrected chi connectivity index (χ2v) is 8.79. The van der Waals surface area contributed by atoms with Crippen molar-refractivity contribution in [2.24, 2.45) is 0 Å². The van der Waals surface area contributed by atoms with Gasteiger partial charge in [-0.05, 0) is 49.4 Å². The SMILES string of the molecule is Cc1cc(Nc2nnc(-c3cccs3)s2)n(-c2cc(C)c3cccc(C)c3n2)n1. The first-order valence-electron chi connectivity index (χ1n) is 9.17. The Morgan fingerprint density at radius 2 is 1.86 bits per heavy atom. The van der Waals surface area contributed by atoms with Gasteiger partial charge in [-0.2, -0.15) is 9.78 Å². The van der Waals surface area contributed by atoms with Crippen molar-refractivity contribution >= 4 is 44.5 Å². The highest BCUT2D eigenvalue weighted by Crippen LogP contribution is 2.32. The molecule has 4 aromatic heterocycles. The van der Waals surface area contributed by atoms with Gasteiger partial charge in [-0.15, -0.1) is 21.5 Å². The van der Waals surface area contributed by atoms with Gasteiger partial charge >= 0.3 is 0 Å². The Kier molecular flexibility index (Phi) is 4.37. The van der Waals surface area contributed by atoms with Crippen LogP contribution in [0.3, 0.4) is 0 Å². The smallest absolute Gasteiger partial charge is 0.211 e. The summed E-state index contributed by atoms with van der Waals surface area (Å²) >= 11 is 3.18. The highest BCUT2D eigenvalue weighted by molar-refractivity contribution is 7.22. The fraction of sp³-hybridized carbons (Fsp3) is 0.143. The van der Waals surface area contributed by atoms with Crippen LogP contribution in [-0.2, 0) is 0 Å². The topological polar surface area (TPSA) is 68.5 Å². The van der Waals surface area contributed by atoms with E-state index in [9.17, 15) is 0 Å². The Hall–Kier alpha value is -3.10. The van der Waals surface area contributed by atoms with E-state index >= 15 is 0 Å². The molecule has 6 nitrogen and oxygen atoms in total. The zero-order valence-electron chi connectivity index (χ0n) is 16.2. The van der Waals surface area contributed by atoms with Gasteiger partial charge in [0.25, 0.3) is 0 Å². The number of hydrogen-bond acceptors (Lipinski definition) is 7. The van der Waals surface area contributed by atoms with Crippen molar-refractivity contribution in [2.75, 3.05) is 5.32 Å². The maximum atomic E-state index is 4.90. The van der Waals surface area contributed by atoms with Gasteiger partial charge in [0, 0.05) is 11.5 Å². The molecule has 1 N–H and O–H groups in total. The highest BCUT2D eigenvalue weighted by atomic mass is 32.1. The van der Waals surface area contributed by atoms with E-state index in [2.05, 4.69) is 58.7 Å². The van der Waals surface area contributed by atoms with Gasteiger partial charge < -0.3 is 5.32 Å². The molecule has 1 aromatic carbocycles. The summed E-state index contributed by atoms with van der Waals surface area (Å²) in [7, 11) is 0. The van der Waals surface area contributed by atoms with Gasteiger partial charge in [0.2, 0.25) is 5.13 Å². The third-order valence-corrected chi connectivity index (χ3v) is 6.55. The van der Waals surface area contributed by atoms with Crippen LogP contribution in [0.1, 0.15) is 16.8 Å². The lowest BCUT2D eigenvalue weighted by Crippen LogP contribution is -2.05. The van der Waals surface area contributed by atoms with Crippen molar-refractivity contribution < 1.29 is 0 Å². The number of fused-ring (bicyclic) bond motifs is 1. The lowest BCUT2D eigenvalue weighted by Gasteiger charge is -2.11. The Morgan fingerprint density at radius 3 is 2.69 bits per heavy atom. The van der Waals surface area contributed by atoms with Crippen molar-refractivity contribution in [1.29, 1.82) is 0 Å². The van der Waals surface area contributed by atoms with Crippen molar-refractivity contribution in [3.8, 4) is 15.7 Å². The molecule has 29 heavy (non-hydrogen) atoms. The third kappa shape index (κ3) is 3.30. The van der Waals surface area contributed by atoms with Gasteiger partial charge in [-0.3, -0.25) is 0 Å². The lowest BCUT2D eigenvalue weighted by atomic mass is 10.1. The lowest BCUT2D eigenvalue weighted by molar-refractivity contribution is 0.842. The molecule has 0 atom stereocenters. The van der Waals surface area contributed by atoms with E-state index in [-0.39, 0.29) is 0 Å². The molecule has 0 aliphatic rings. The monoisotopic (exact) mass is 418 g/mol. The summed E-state index contributed by atoms with van der Waals surface area (Å²) in [6, 6.07) is 14.4. The molecule has 5 aromatic rings. The Bertz CT molecular complexity index is 1320. The van der Waals surface area contributed by atoms with Crippen molar-refractivity contribution in [1.82, 2.24) is 25.0 Å². The molecule has 4 heterocycles. The van der Waals surface area contributed by atoms with Crippen molar-refractivity contribution in [3.63, 3.8) is 0 Å². The summed E-state index contributed by atoms with van der Waals surface area (Å²) in [5, 5.41) is 21.5. The first-order valence-corrected chi connectivity index (χ1v) is 10.9. The number of rotatable bonds is 4. The predicted octanol–water partition coefficient (Wildman–Crippen LogP) is 5.67. The van der Waals surface area contributed by atoms with Crippen LogP contribution < -0.4 is 5.32 Å². The normalized spacial score (nSPS) is 11.3. The van der Waals surface area contributed by atoms with Crippen LogP contribution in [0.15, 0.2) is 47.8 Å². The van der Waals surface area contributed by atoms with Gasteiger partial charge in [-0.1, -0.05) is 35.6 Å². The van der Waals surface area contributed by atoms with E-state index in [0.29, 0.717) is 0 Å². The third-order valence-electron chi connectivity index (χ3n) is 4.68. The number of pyridine rings is 1. The predicted molar refractivity (Wildman–Crippen MR) is 120 cm³/mol. The number of anilines is 2.